The second-order valence-electron chi connectivity index (χ2n) is 6.58. The van der Waals surface area contributed by atoms with E-state index in [1.807, 2.05) is 0 Å². The molecule has 6 nitrogen and oxygen atoms in total. The minimum Gasteiger partial charge on any atom is -0.496 e. The SMILES string of the molecule is COc1cc(OC)c(OC)cc1CNC(=O)c1ccccc1C(=O)c1ccc(F)cc1. The fraction of sp³-hybridized carbons (Fsp3) is 0.167. The molecule has 0 aromatic heterocycles. The first-order valence-corrected chi connectivity index (χ1v) is 9.44. The van der Waals surface area contributed by atoms with Gasteiger partial charge in [-0.1, -0.05) is 18.2 Å². The summed E-state index contributed by atoms with van der Waals surface area (Å²) in [7, 11) is 4.56. The largest absolute Gasteiger partial charge is 0.496 e. The highest BCUT2D eigenvalue weighted by Gasteiger charge is 2.19. The Morgan fingerprint density at radius 1 is 0.806 bits per heavy atom. The summed E-state index contributed by atoms with van der Waals surface area (Å²) in [4.78, 5) is 25.7. The van der Waals surface area contributed by atoms with E-state index >= 15 is 0 Å². The predicted octanol–water partition coefficient (Wildman–Crippen LogP) is 4.01. The van der Waals surface area contributed by atoms with E-state index in [4.69, 9.17) is 14.2 Å². The number of nitrogens with one attached hydrogen (secondary N) is 1. The summed E-state index contributed by atoms with van der Waals surface area (Å²) in [6.45, 7) is 0.140. The van der Waals surface area contributed by atoms with Crippen LogP contribution in [0.3, 0.4) is 0 Å². The van der Waals surface area contributed by atoms with Crippen molar-refractivity contribution < 1.29 is 28.2 Å². The molecule has 0 saturated heterocycles. The van der Waals surface area contributed by atoms with E-state index in [0.717, 1.165) is 0 Å². The second kappa shape index (κ2) is 9.75. The molecule has 0 saturated carbocycles. The summed E-state index contributed by atoms with van der Waals surface area (Å²) < 4.78 is 29.1. The lowest BCUT2D eigenvalue weighted by molar-refractivity contribution is 0.0939. The standard InChI is InChI=1S/C24H22FNO5/c1-29-20-13-22(31-3)21(30-2)12-16(20)14-26-24(28)19-7-5-4-6-18(19)23(27)15-8-10-17(25)11-9-15/h4-13H,14H2,1-3H3,(H,26,28). The quantitative estimate of drug-likeness (QED) is 0.554. The van der Waals surface area contributed by atoms with E-state index in [9.17, 15) is 14.0 Å². The normalized spacial score (nSPS) is 10.3. The van der Waals surface area contributed by atoms with Gasteiger partial charge >= 0.3 is 0 Å². The number of benzene rings is 3. The first-order chi connectivity index (χ1) is 15.0. The topological polar surface area (TPSA) is 73.9 Å². The van der Waals surface area contributed by atoms with E-state index in [-0.39, 0.29) is 23.5 Å². The number of ketones is 1. The molecule has 7 heteroatoms. The van der Waals surface area contributed by atoms with Gasteiger partial charge in [0.25, 0.3) is 5.91 Å². The third kappa shape index (κ3) is 4.83. The molecule has 0 unspecified atom stereocenters. The molecular weight excluding hydrogens is 401 g/mol. The lowest BCUT2D eigenvalue weighted by Crippen LogP contribution is -2.25. The van der Waals surface area contributed by atoms with Crippen LogP contribution in [0.25, 0.3) is 0 Å². The van der Waals surface area contributed by atoms with Crippen LogP contribution in [0.1, 0.15) is 31.8 Å². The van der Waals surface area contributed by atoms with Crippen LogP contribution in [-0.2, 0) is 6.54 Å². The van der Waals surface area contributed by atoms with Crippen molar-refractivity contribution in [2.45, 2.75) is 6.54 Å². The molecule has 3 aromatic carbocycles. The number of rotatable bonds is 8. The smallest absolute Gasteiger partial charge is 0.252 e. The highest BCUT2D eigenvalue weighted by atomic mass is 19.1. The zero-order valence-electron chi connectivity index (χ0n) is 17.4. The first kappa shape index (κ1) is 21.8. The zero-order valence-corrected chi connectivity index (χ0v) is 17.4. The first-order valence-electron chi connectivity index (χ1n) is 9.44. The van der Waals surface area contributed by atoms with Gasteiger partial charge in [-0.25, -0.2) is 4.39 Å². The highest BCUT2D eigenvalue weighted by molar-refractivity contribution is 6.15. The van der Waals surface area contributed by atoms with Crippen LogP contribution in [0.2, 0.25) is 0 Å². The molecule has 1 N–H and O–H groups in total. The Bertz CT molecular complexity index is 1100. The van der Waals surface area contributed by atoms with Gasteiger partial charge < -0.3 is 19.5 Å². The van der Waals surface area contributed by atoms with Crippen molar-refractivity contribution >= 4 is 11.7 Å². The Morgan fingerprint density at radius 2 is 1.39 bits per heavy atom. The number of carbonyl (C=O) groups is 2. The Balaban J connectivity index is 1.84. The third-order valence-corrected chi connectivity index (χ3v) is 4.75. The van der Waals surface area contributed by atoms with Crippen molar-refractivity contribution in [2.24, 2.45) is 0 Å². The summed E-state index contributed by atoms with van der Waals surface area (Å²) in [6.07, 6.45) is 0. The van der Waals surface area contributed by atoms with E-state index < -0.39 is 11.7 Å². The summed E-state index contributed by atoms with van der Waals surface area (Å²) >= 11 is 0. The Labute approximate surface area is 179 Å². The molecule has 0 atom stereocenters. The Hall–Kier alpha value is -3.87. The van der Waals surface area contributed by atoms with Crippen molar-refractivity contribution in [1.29, 1.82) is 0 Å². The zero-order chi connectivity index (χ0) is 22.4. The number of hydrogen-bond donors (Lipinski definition) is 1. The second-order valence-corrected chi connectivity index (χ2v) is 6.58. The average molecular weight is 423 g/mol. The van der Waals surface area contributed by atoms with Crippen molar-refractivity contribution in [2.75, 3.05) is 21.3 Å². The highest BCUT2D eigenvalue weighted by Crippen LogP contribution is 2.34. The molecule has 3 aromatic rings. The van der Waals surface area contributed by atoms with Gasteiger partial charge in [0.05, 0.1) is 26.9 Å². The van der Waals surface area contributed by atoms with Gasteiger partial charge in [-0.2, -0.15) is 0 Å². The molecule has 0 fully saturated rings. The van der Waals surface area contributed by atoms with Crippen molar-refractivity contribution in [1.82, 2.24) is 5.32 Å². The molecule has 0 radical (unpaired) electrons. The Morgan fingerprint density at radius 3 is 2.00 bits per heavy atom. The lowest BCUT2D eigenvalue weighted by atomic mass is 9.98. The van der Waals surface area contributed by atoms with Crippen molar-refractivity contribution in [3.8, 4) is 17.2 Å². The summed E-state index contributed by atoms with van der Waals surface area (Å²) in [5, 5.41) is 2.81. The summed E-state index contributed by atoms with van der Waals surface area (Å²) in [6, 6.07) is 15.1. The monoisotopic (exact) mass is 423 g/mol. The molecule has 31 heavy (non-hydrogen) atoms. The molecule has 0 spiro atoms. The van der Waals surface area contributed by atoms with Gasteiger partial charge in [0.15, 0.2) is 17.3 Å². The maximum atomic E-state index is 13.2. The number of methoxy groups -OCH3 is 3. The Kier molecular flexibility index (Phi) is 6.87. The fourth-order valence-electron chi connectivity index (χ4n) is 3.14. The number of hydrogen-bond acceptors (Lipinski definition) is 5. The maximum absolute atomic E-state index is 13.2. The van der Waals surface area contributed by atoms with Crippen LogP contribution >= 0.6 is 0 Å². The van der Waals surface area contributed by atoms with Gasteiger partial charge in [0.1, 0.15) is 11.6 Å². The van der Waals surface area contributed by atoms with Gasteiger partial charge in [-0.05, 0) is 36.4 Å². The van der Waals surface area contributed by atoms with Crippen LogP contribution in [0.15, 0.2) is 60.7 Å². The summed E-state index contributed by atoms with van der Waals surface area (Å²) in [5.74, 6) is 0.293. The van der Waals surface area contributed by atoms with Crippen LogP contribution in [0, 0.1) is 5.82 Å². The molecule has 0 aliphatic heterocycles. The molecule has 3 rings (SSSR count). The molecular formula is C24H22FNO5. The molecule has 0 aliphatic carbocycles. The predicted molar refractivity (Wildman–Crippen MR) is 114 cm³/mol. The van der Waals surface area contributed by atoms with Crippen molar-refractivity contribution in [3.05, 3.63) is 88.7 Å². The van der Waals surface area contributed by atoms with Gasteiger partial charge in [0, 0.05) is 29.3 Å². The number of amides is 1. The molecule has 0 heterocycles. The molecule has 1 amide bonds. The van der Waals surface area contributed by atoms with Gasteiger partial charge in [-0.3, -0.25) is 9.59 Å². The molecule has 0 bridgehead atoms. The van der Waals surface area contributed by atoms with Gasteiger partial charge in [0.2, 0.25) is 0 Å². The molecule has 160 valence electrons. The summed E-state index contributed by atoms with van der Waals surface area (Å²) in [5.41, 5.74) is 1.42. The number of carbonyl (C=O) groups excluding carboxylic acids is 2. The van der Waals surface area contributed by atoms with Crippen LogP contribution in [-0.4, -0.2) is 33.0 Å². The van der Waals surface area contributed by atoms with Crippen LogP contribution in [0.5, 0.6) is 17.2 Å². The number of ether oxygens (including phenoxy) is 3. The third-order valence-electron chi connectivity index (χ3n) is 4.75. The average Bonchev–Trinajstić information content (AvgIpc) is 2.81. The minimum absolute atomic E-state index is 0.140. The van der Waals surface area contributed by atoms with Crippen LogP contribution < -0.4 is 19.5 Å². The maximum Gasteiger partial charge on any atom is 0.252 e. The van der Waals surface area contributed by atoms with Gasteiger partial charge in [-0.15, -0.1) is 0 Å². The lowest BCUT2D eigenvalue weighted by Gasteiger charge is -2.15. The van der Waals surface area contributed by atoms with E-state index in [1.165, 1.54) is 45.6 Å². The van der Waals surface area contributed by atoms with E-state index in [0.29, 0.717) is 28.4 Å². The van der Waals surface area contributed by atoms with E-state index in [1.54, 1.807) is 36.4 Å². The minimum atomic E-state index is -0.438. The van der Waals surface area contributed by atoms with Crippen LogP contribution in [0.4, 0.5) is 4.39 Å². The van der Waals surface area contributed by atoms with E-state index in [2.05, 4.69) is 5.32 Å². The molecule has 0 aliphatic rings. The number of halogens is 1. The van der Waals surface area contributed by atoms with Crippen molar-refractivity contribution in [3.63, 3.8) is 0 Å². The fourth-order valence-corrected chi connectivity index (χ4v) is 3.14.